The zero-order chi connectivity index (χ0) is 13.2. The van der Waals surface area contributed by atoms with Crippen LogP contribution in [0, 0.1) is 11.3 Å². The van der Waals surface area contributed by atoms with Crippen molar-refractivity contribution >= 4 is 0 Å². The maximum absolute atomic E-state index is 12.3. The third kappa shape index (κ3) is 2.43. The van der Waals surface area contributed by atoms with Gasteiger partial charge in [-0.1, -0.05) is 0 Å². The van der Waals surface area contributed by atoms with Gasteiger partial charge in [-0.15, -0.1) is 5.10 Å². The summed E-state index contributed by atoms with van der Waals surface area (Å²) < 4.78 is 37.0. The van der Waals surface area contributed by atoms with Crippen molar-refractivity contribution in [3.05, 3.63) is 41.9 Å². The molecule has 18 heavy (non-hydrogen) atoms. The molecular formula is C11H5F3N4. The molecule has 0 spiro atoms. The predicted molar refractivity (Wildman–Crippen MR) is 55.0 cm³/mol. The summed E-state index contributed by atoms with van der Waals surface area (Å²) in [6.07, 6.45) is -2.35. The first-order chi connectivity index (χ1) is 8.50. The number of nitriles is 1. The Bertz CT molecular complexity index is 599. The minimum absolute atomic E-state index is 0.0780. The number of hydrogen-bond donors (Lipinski definition) is 0. The van der Waals surface area contributed by atoms with Crippen LogP contribution in [0.4, 0.5) is 13.2 Å². The van der Waals surface area contributed by atoms with Gasteiger partial charge in [0.05, 0.1) is 17.5 Å². The molecule has 0 fully saturated rings. The maximum Gasteiger partial charge on any atom is 0.417 e. The van der Waals surface area contributed by atoms with Crippen molar-refractivity contribution in [1.29, 1.82) is 5.26 Å². The number of pyridine rings is 1. The molecule has 2 rings (SSSR count). The van der Waals surface area contributed by atoms with Crippen molar-refractivity contribution in [2.45, 2.75) is 6.18 Å². The highest BCUT2D eigenvalue weighted by atomic mass is 19.4. The molecule has 0 aliphatic heterocycles. The van der Waals surface area contributed by atoms with Crippen LogP contribution in [0.5, 0.6) is 0 Å². The van der Waals surface area contributed by atoms with Crippen molar-refractivity contribution in [3.8, 4) is 17.3 Å². The Morgan fingerprint density at radius 2 is 1.94 bits per heavy atom. The van der Waals surface area contributed by atoms with Crippen LogP contribution in [0.2, 0.25) is 0 Å². The molecular weight excluding hydrogens is 245 g/mol. The maximum atomic E-state index is 12.3. The molecule has 2 aromatic heterocycles. The first-order valence-electron chi connectivity index (χ1n) is 4.77. The monoisotopic (exact) mass is 250 g/mol. The summed E-state index contributed by atoms with van der Waals surface area (Å²) in [6.45, 7) is 0. The molecule has 2 heterocycles. The third-order valence-corrected chi connectivity index (χ3v) is 2.16. The molecule has 0 aromatic carbocycles. The molecule has 0 saturated heterocycles. The Labute approximate surface area is 99.7 Å². The highest BCUT2D eigenvalue weighted by molar-refractivity contribution is 5.58. The van der Waals surface area contributed by atoms with Crippen LogP contribution in [0.1, 0.15) is 11.3 Å². The van der Waals surface area contributed by atoms with Gasteiger partial charge in [0.1, 0.15) is 6.07 Å². The summed E-state index contributed by atoms with van der Waals surface area (Å²) in [5.41, 5.74) is -0.00681. The van der Waals surface area contributed by atoms with Crippen LogP contribution in [0.25, 0.3) is 11.3 Å². The molecule has 0 aliphatic carbocycles. The van der Waals surface area contributed by atoms with Crippen molar-refractivity contribution in [3.63, 3.8) is 0 Å². The Morgan fingerprint density at radius 3 is 2.50 bits per heavy atom. The van der Waals surface area contributed by atoms with Crippen LogP contribution >= 0.6 is 0 Å². The molecule has 0 aliphatic rings. The fourth-order valence-electron chi connectivity index (χ4n) is 1.29. The number of halogens is 3. The van der Waals surface area contributed by atoms with Crippen molar-refractivity contribution in [2.24, 2.45) is 0 Å². The fourth-order valence-corrected chi connectivity index (χ4v) is 1.29. The van der Waals surface area contributed by atoms with E-state index in [2.05, 4.69) is 15.2 Å². The summed E-state index contributed by atoms with van der Waals surface area (Å²) in [5.74, 6) is 0. The molecule has 0 N–H and O–H groups in total. The molecule has 2 aromatic rings. The van der Waals surface area contributed by atoms with Crippen molar-refractivity contribution < 1.29 is 13.2 Å². The van der Waals surface area contributed by atoms with Gasteiger partial charge in [-0.2, -0.15) is 23.5 Å². The van der Waals surface area contributed by atoms with E-state index < -0.39 is 11.7 Å². The Hall–Kier alpha value is -2.49. The molecule has 0 bridgehead atoms. The van der Waals surface area contributed by atoms with E-state index in [0.29, 0.717) is 11.3 Å². The van der Waals surface area contributed by atoms with E-state index in [1.165, 1.54) is 18.3 Å². The SMILES string of the molecule is N#Cc1cc(-c2ccc(C(F)(F)F)cn2)cnn1. The quantitative estimate of drug-likeness (QED) is 0.779. The minimum Gasteiger partial charge on any atom is -0.256 e. The minimum atomic E-state index is -4.42. The van der Waals surface area contributed by atoms with Crippen LogP contribution in [0.3, 0.4) is 0 Å². The number of hydrogen-bond acceptors (Lipinski definition) is 4. The van der Waals surface area contributed by atoms with Crippen LogP contribution in [0.15, 0.2) is 30.6 Å². The Morgan fingerprint density at radius 1 is 1.17 bits per heavy atom. The molecule has 4 nitrogen and oxygen atoms in total. The smallest absolute Gasteiger partial charge is 0.256 e. The van der Waals surface area contributed by atoms with Gasteiger partial charge in [-0.25, -0.2) is 0 Å². The number of aromatic nitrogens is 3. The van der Waals surface area contributed by atoms with Gasteiger partial charge in [-0.3, -0.25) is 4.98 Å². The van der Waals surface area contributed by atoms with E-state index in [9.17, 15) is 13.2 Å². The summed E-state index contributed by atoms with van der Waals surface area (Å²) in [6, 6.07) is 5.35. The van der Waals surface area contributed by atoms with Gasteiger partial charge >= 0.3 is 6.18 Å². The van der Waals surface area contributed by atoms with Gasteiger partial charge in [0.25, 0.3) is 0 Å². The largest absolute Gasteiger partial charge is 0.417 e. The van der Waals surface area contributed by atoms with Crippen LogP contribution in [-0.4, -0.2) is 15.2 Å². The lowest BCUT2D eigenvalue weighted by Gasteiger charge is -2.06. The summed E-state index contributed by atoms with van der Waals surface area (Å²) in [5, 5.41) is 15.7. The first-order valence-corrected chi connectivity index (χ1v) is 4.77. The fraction of sp³-hybridized carbons (Fsp3) is 0.0909. The average Bonchev–Trinajstić information content (AvgIpc) is 2.38. The molecule has 0 saturated carbocycles. The van der Waals surface area contributed by atoms with E-state index in [-0.39, 0.29) is 5.69 Å². The number of alkyl halides is 3. The van der Waals surface area contributed by atoms with Gasteiger partial charge in [0.2, 0.25) is 0 Å². The second-order valence-electron chi connectivity index (χ2n) is 3.37. The average molecular weight is 250 g/mol. The van der Waals surface area contributed by atoms with E-state index in [1.54, 1.807) is 6.07 Å². The predicted octanol–water partition coefficient (Wildman–Crippen LogP) is 2.43. The first kappa shape index (κ1) is 12.0. The number of nitrogens with zero attached hydrogens (tertiary/aromatic N) is 4. The lowest BCUT2D eigenvalue weighted by Crippen LogP contribution is -2.05. The summed E-state index contributed by atoms with van der Waals surface area (Å²) in [7, 11) is 0. The third-order valence-electron chi connectivity index (χ3n) is 2.16. The molecule has 7 heteroatoms. The van der Waals surface area contributed by atoms with Crippen molar-refractivity contribution in [2.75, 3.05) is 0 Å². The van der Waals surface area contributed by atoms with Gasteiger partial charge in [-0.05, 0) is 18.2 Å². The normalized spacial score (nSPS) is 11.0. The molecule has 90 valence electrons. The number of rotatable bonds is 1. The van der Waals surface area contributed by atoms with E-state index >= 15 is 0 Å². The Kier molecular flexibility index (Phi) is 2.93. The zero-order valence-corrected chi connectivity index (χ0v) is 8.81. The summed E-state index contributed by atoms with van der Waals surface area (Å²) in [4.78, 5) is 3.69. The lowest BCUT2D eigenvalue weighted by molar-refractivity contribution is -0.137. The zero-order valence-electron chi connectivity index (χ0n) is 8.81. The lowest BCUT2D eigenvalue weighted by atomic mass is 10.1. The summed E-state index contributed by atoms with van der Waals surface area (Å²) >= 11 is 0. The van der Waals surface area contributed by atoms with E-state index in [1.807, 2.05) is 0 Å². The second-order valence-corrected chi connectivity index (χ2v) is 3.37. The van der Waals surface area contributed by atoms with Gasteiger partial charge in [0, 0.05) is 11.8 Å². The van der Waals surface area contributed by atoms with Gasteiger partial charge in [0.15, 0.2) is 5.69 Å². The topological polar surface area (TPSA) is 62.5 Å². The highest BCUT2D eigenvalue weighted by Crippen LogP contribution is 2.29. The molecule has 0 unspecified atom stereocenters. The van der Waals surface area contributed by atoms with E-state index in [0.717, 1.165) is 12.3 Å². The van der Waals surface area contributed by atoms with Crippen LogP contribution < -0.4 is 0 Å². The standard InChI is InChI=1S/C11H5F3N4/c12-11(13,14)8-1-2-10(16-6-8)7-3-9(4-15)18-17-5-7/h1-3,5-6H. The molecule has 0 atom stereocenters. The van der Waals surface area contributed by atoms with Crippen molar-refractivity contribution in [1.82, 2.24) is 15.2 Å². The second kappa shape index (κ2) is 4.41. The molecule has 0 amide bonds. The van der Waals surface area contributed by atoms with E-state index in [4.69, 9.17) is 5.26 Å². The highest BCUT2D eigenvalue weighted by Gasteiger charge is 2.30. The van der Waals surface area contributed by atoms with Gasteiger partial charge < -0.3 is 0 Å². The molecule has 0 radical (unpaired) electrons. The van der Waals surface area contributed by atoms with Crippen LogP contribution in [-0.2, 0) is 6.18 Å². The Balaban J connectivity index is 2.38.